The average Bonchev–Trinajstić information content (AvgIpc) is 3.09. The van der Waals surface area contributed by atoms with Crippen LogP contribution in [0.3, 0.4) is 0 Å². The second-order valence-corrected chi connectivity index (χ2v) is 3.61. The lowest BCUT2D eigenvalue weighted by molar-refractivity contribution is 0.414. The van der Waals surface area contributed by atoms with Crippen LogP contribution in [0.5, 0.6) is 5.75 Å². The fourth-order valence-electron chi connectivity index (χ4n) is 1.60. The summed E-state index contributed by atoms with van der Waals surface area (Å²) in [6.45, 7) is 0. The highest BCUT2D eigenvalue weighted by Crippen LogP contribution is 2.17. The van der Waals surface area contributed by atoms with Crippen molar-refractivity contribution < 1.29 is 4.74 Å². The first kappa shape index (κ1) is 10.5. The third kappa shape index (κ3) is 1.81. The summed E-state index contributed by atoms with van der Waals surface area (Å²) < 4.78 is 6.85. The molecule has 7 nitrogen and oxygen atoms in total. The molecule has 0 saturated carbocycles. The third-order valence-corrected chi connectivity index (χ3v) is 2.52. The molecule has 2 aromatic heterocycles. The fraction of sp³-hybridized carbons (Fsp3) is 0.0909. The van der Waals surface area contributed by atoms with E-state index in [1.807, 2.05) is 30.5 Å². The van der Waals surface area contributed by atoms with E-state index in [9.17, 15) is 0 Å². The molecule has 0 spiro atoms. The normalized spacial score (nSPS) is 10.5. The molecular weight excluding hydrogens is 232 g/mol. The van der Waals surface area contributed by atoms with E-state index in [2.05, 4.69) is 25.7 Å². The molecule has 0 unspecified atom stereocenters. The van der Waals surface area contributed by atoms with Crippen molar-refractivity contribution in [1.29, 1.82) is 0 Å². The Morgan fingerprint density at radius 2 is 2.06 bits per heavy atom. The molecule has 90 valence electrons. The summed E-state index contributed by atoms with van der Waals surface area (Å²) in [7, 11) is 1.64. The van der Waals surface area contributed by atoms with Gasteiger partial charge in [0.15, 0.2) is 0 Å². The van der Waals surface area contributed by atoms with Gasteiger partial charge in [-0.25, -0.2) is 4.68 Å². The minimum atomic E-state index is 0.523. The molecule has 0 saturated heterocycles. The Labute approximate surface area is 102 Å². The molecule has 0 radical (unpaired) electrons. The average molecular weight is 242 g/mol. The van der Waals surface area contributed by atoms with Crippen LogP contribution >= 0.6 is 0 Å². The van der Waals surface area contributed by atoms with E-state index in [1.54, 1.807) is 18.0 Å². The Balaban J connectivity index is 1.92. The van der Waals surface area contributed by atoms with Crippen molar-refractivity contribution in [3.63, 3.8) is 0 Å². The Morgan fingerprint density at radius 3 is 2.72 bits per heavy atom. The summed E-state index contributed by atoms with van der Waals surface area (Å²) in [6.07, 6.45) is 3.53. The number of methoxy groups -OCH3 is 1. The molecule has 3 rings (SSSR count). The molecule has 2 heterocycles. The molecule has 0 fully saturated rings. The van der Waals surface area contributed by atoms with E-state index >= 15 is 0 Å². The highest BCUT2D eigenvalue weighted by atomic mass is 16.5. The Bertz CT molecular complexity index is 628. The van der Waals surface area contributed by atoms with Gasteiger partial charge in [-0.3, -0.25) is 0 Å². The molecule has 0 aliphatic heterocycles. The summed E-state index contributed by atoms with van der Waals surface area (Å²) >= 11 is 0. The number of hydrogen-bond donors (Lipinski definition) is 1. The first-order chi connectivity index (χ1) is 8.86. The lowest BCUT2D eigenvalue weighted by Crippen LogP contribution is -1.93. The Kier molecular flexibility index (Phi) is 2.49. The number of tetrazole rings is 1. The molecule has 0 atom stereocenters. The van der Waals surface area contributed by atoms with Gasteiger partial charge in [-0.15, -0.1) is 10.2 Å². The minimum Gasteiger partial charge on any atom is -0.497 e. The molecule has 7 heteroatoms. The zero-order valence-electron chi connectivity index (χ0n) is 9.61. The number of nitrogens with one attached hydrogen (secondary N) is 1. The van der Waals surface area contributed by atoms with Crippen LogP contribution in [0.1, 0.15) is 0 Å². The molecule has 18 heavy (non-hydrogen) atoms. The van der Waals surface area contributed by atoms with Crippen molar-refractivity contribution in [2.45, 2.75) is 0 Å². The SMILES string of the molecule is COc1ccc(-n2cc(-c3nn[nH]n3)cn2)cc1. The number of rotatable bonds is 3. The summed E-state index contributed by atoms with van der Waals surface area (Å²) in [5, 5.41) is 18.0. The first-order valence-corrected chi connectivity index (χ1v) is 5.30. The number of benzene rings is 1. The molecule has 0 amide bonds. The number of nitrogens with zero attached hydrogens (tertiary/aromatic N) is 5. The summed E-state index contributed by atoms with van der Waals surface area (Å²) in [5.74, 6) is 1.33. The second-order valence-electron chi connectivity index (χ2n) is 3.61. The number of H-pyrrole nitrogens is 1. The van der Waals surface area contributed by atoms with Gasteiger partial charge in [-0.1, -0.05) is 0 Å². The molecule has 1 N–H and O–H groups in total. The van der Waals surface area contributed by atoms with Crippen LogP contribution < -0.4 is 4.74 Å². The molecular formula is C11H10N6O. The van der Waals surface area contributed by atoms with Crippen molar-refractivity contribution in [3.8, 4) is 22.8 Å². The lowest BCUT2D eigenvalue weighted by atomic mass is 10.3. The summed E-state index contributed by atoms with van der Waals surface area (Å²) in [6, 6.07) is 7.60. The van der Waals surface area contributed by atoms with Crippen LogP contribution in [-0.4, -0.2) is 37.5 Å². The number of hydrogen-bond acceptors (Lipinski definition) is 5. The van der Waals surface area contributed by atoms with E-state index in [4.69, 9.17) is 4.74 Å². The Hall–Kier alpha value is -2.70. The quantitative estimate of drug-likeness (QED) is 0.742. The van der Waals surface area contributed by atoms with Gasteiger partial charge in [0.2, 0.25) is 5.82 Å². The van der Waals surface area contributed by atoms with Crippen molar-refractivity contribution in [1.82, 2.24) is 30.4 Å². The van der Waals surface area contributed by atoms with E-state index in [0.29, 0.717) is 5.82 Å². The number of ether oxygens (including phenoxy) is 1. The first-order valence-electron chi connectivity index (χ1n) is 5.30. The summed E-state index contributed by atoms with van der Waals surface area (Å²) in [4.78, 5) is 0. The molecule has 0 bridgehead atoms. The van der Waals surface area contributed by atoms with Gasteiger partial charge in [-0.2, -0.15) is 10.3 Å². The van der Waals surface area contributed by atoms with E-state index in [1.165, 1.54) is 0 Å². The second kappa shape index (κ2) is 4.28. The molecule has 1 aromatic carbocycles. The number of aromatic nitrogens is 6. The predicted octanol–water partition coefficient (Wildman–Crippen LogP) is 1.06. The van der Waals surface area contributed by atoms with Crippen molar-refractivity contribution in [3.05, 3.63) is 36.7 Å². The lowest BCUT2D eigenvalue weighted by Gasteiger charge is -2.02. The van der Waals surface area contributed by atoms with E-state index in [0.717, 1.165) is 17.0 Å². The highest BCUT2D eigenvalue weighted by Gasteiger charge is 2.06. The standard InChI is InChI=1S/C11H10N6O/c1-18-10-4-2-9(3-5-10)17-7-8(6-12-17)11-13-15-16-14-11/h2-7H,1H3,(H,13,14,15,16). The topological polar surface area (TPSA) is 81.5 Å². The predicted molar refractivity (Wildman–Crippen MR) is 63.3 cm³/mol. The zero-order chi connectivity index (χ0) is 12.4. The van der Waals surface area contributed by atoms with Crippen LogP contribution in [0.25, 0.3) is 17.1 Å². The van der Waals surface area contributed by atoms with Crippen LogP contribution in [0.2, 0.25) is 0 Å². The van der Waals surface area contributed by atoms with Gasteiger partial charge in [-0.05, 0) is 29.5 Å². The molecule has 0 aliphatic carbocycles. The summed E-state index contributed by atoms with van der Waals surface area (Å²) in [5.41, 5.74) is 1.74. The maximum Gasteiger partial charge on any atom is 0.207 e. The van der Waals surface area contributed by atoms with Crippen LogP contribution in [0, 0.1) is 0 Å². The van der Waals surface area contributed by atoms with Crippen molar-refractivity contribution in [2.24, 2.45) is 0 Å². The Morgan fingerprint density at radius 1 is 1.22 bits per heavy atom. The zero-order valence-corrected chi connectivity index (χ0v) is 9.61. The third-order valence-electron chi connectivity index (χ3n) is 2.52. The van der Waals surface area contributed by atoms with Crippen LogP contribution in [0.4, 0.5) is 0 Å². The van der Waals surface area contributed by atoms with Crippen molar-refractivity contribution >= 4 is 0 Å². The van der Waals surface area contributed by atoms with Gasteiger partial charge in [0.25, 0.3) is 0 Å². The van der Waals surface area contributed by atoms with Gasteiger partial charge >= 0.3 is 0 Å². The van der Waals surface area contributed by atoms with Gasteiger partial charge < -0.3 is 4.74 Å². The van der Waals surface area contributed by atoms with E-state index < -0.39 is 0 Å². The largest absolute Gasteiger partial charge is 0.497 e. The van der Waals surface area contributed by atoms with Gasteiger partial charge in [0, 0.05) is 6.20 Å². The van der Waals surface area contributed by atoms with Crippen LogP contribution in [0.15, 0.2) is 36.7 Å². The minimum absolute atomic E-state index is 0.523. The molecule has 3 aromatic rings. The fourth-order valence-corrected chi connectivity index (χ4v) is 1.60. The highest BCUT2D eigenvalue weighted by molar-refractivity contribution is 5.52. The van der Waals surface area contributed by atoms with Crippen molar-refractivity contribution in [2.75, 3.05) is 7.11 Å². The van der Waals surface area contributed by atoms with Gasteiger partial charge in [0.1, 0.15) is 5.75 Å². The smallest absolute Gasteiger partial charge is 0.207 e. The molecule has 0 aliphatic rings. The monoisotopic (exact) mass is 242 g/mol. The van der Waals surface area contributed by atoms with Crippen LogP contribution in [-0.2, 0) is 0 Å². The maximum atomic E-state index is 5.11. The number of aromatic amines is 1. The van der Waals surface area contributed by atoms with Gasteiger partial charge in [0.05, 0.1) is 24.6 Å². The van der Waals surface area contributed by atoms with E-state index in [-0.39, 0.29) is 0 Å². The maximum absolute atomic E-state index is 5.11.